The number of nitrogens with zero attached hydrogens (tertiary/aromatic N) is 20. The summed E-state index contributed by atoms with van der Waals surface area (Å²) < 4.78 is 429. The molecule has 12 aromatic rings. The van der Waals surface area contributed by atoms with Crippen molar-refractivity contribution in [1.29, 1.82) is 0 Å². The second kappa shape index (κ2) is 47.3. The van der Waals surface area contributed by atoms with Crippen LogP contribution in [0.15, 0.2) is 93.1 Å². The number of anilines is 4. The molecule has 16 N–H and O–H groups in total. The largest absolute Gasteiger partial charge is 0.394 e. The van der Waals surface area contributed by atoms with E-state index in [0.717, 1.165) is 41.2 Å². The molecule has 0 saturated heterocycles. The van der Waals surface area contributed by atoms with Crippen molar-refractivity contribution in [2.45, 2.75) is 298 Å². The summed E-state index contributed by atoms with van der Waals surface area (Å²) in [5, 5.41) is 165. The van der Waals surface area contributed by atoms with E-state index >= 15 is 0 Å². The molecule has 48 heteroatoms. The second-order valence-electron chi connectivity index (χ2n) is 33.1. The number of aliphatic hydroxyl groups excluding tert-OH is 10. The van der Waals surface area contributed by atoms with Gasteiger partial charge in [-0.3, -0.25) is 0 Å². The van der Waals surface area contributed by atoms with E-state index in [1.807, 2.05) is 6.92 Å². The van der Waals surface area contributed by atoms with Gasteiger partial charge in [0.2, 0.25) is 0 Å². The Balaban J connectivity index is 0.000000163. The fourth-order valence-corrected chi connectivity index (χ4v) is 18.0. The Morgan fingerprint density at radius 1 is 0.375 bits per heavy atom. The number of thioether (sulfide) groups is 4. The quantitative estimate of drug-likeness (QED) is 0.00969. The molecule has 8 aliphatic rings. The lowest BCUT2D eigenvalue weighted by atomic mass is 10.1. The van der Waals surface area contributed by atoms with Crippen LogP contribution in [0.3, 0.4) is 0 Å². The van der Waals surface area contributed by atoms with Crippen LogP contribution in [0.25, 0.3) is 44.7 Å². The number of ether oxygens (including phenoxy) is 4. The predicted molar refractivity (Wildman–Crippen MR) is 530 cm³/mol. The lowest BCUT2D eigenvalue weighted by molar-refractivity contribution is -0.0629. The van der Waals surface area contributed by atoms with Crippen LogP contribution in [-0.4, -0.2) is 334 Å². The van der Waals surface area contributed by atoms with Crippen LogP contribution in [0.5, 0.6) is 0 Å². The van der Waals surface area contributed by atoms with Crippen molar-refractivity contribution in [3.8, 4) is 0 Å². The zero-order valence-electron chi connectivity index (χ0n) is 119. The van der Waals surface area contributed by atoms with E-state index in [4.69, 9.17) is 81.6 Å². The third-order valence-corrected chi connectivity index (χ3v) is 26.6. The molecule has 144 heavy (non-hydrogen) atoms. The molecule has 0 amide bonds. The highest BCUT2D eigenvalue weighted by Crippen LogP contribution is 2.50. The Labute approximate surface area is 902 Å². The molecule has 0 unspecified atom stereocenters. The molecule has 8 aliphatic carbocycles. The van der Waals surface area contributed by atoms with Crippen molar-refractivity contribution >= 4 is 115 Å². The van der Waals surface area contributed by atoms with Crippen LogP contribution < -0.4 is 21.3 Å². The van der Waals surface area contributed by atoms with Crippen LogP contribution >= 0.6 is 47.0 Å². The number of nitrogens with one attached hydrogen (secondary N) is 4. The lowest BCUT2D eigenvalue weighted by Gasteiger charge is -2.17. The summed E-state index contributed by atoms with van der Waals surface area (Å²) >= 11 is 2.02. The molecule has 8 aromatic heterocycles. The summed E-state index contributed by atoms with van der Waals surface area (Å²) in [6.45, 7) is -4.48. The third-order valence-electron chi connectivity index (χ3n) is 23.6. The highest BCUT2D eigenvalue weighted by molar-refractivity contribution is 7.99. The zero-order chi connectivity index (χ0) is 139. The summed E-state index contributed by atoms with van der Waals surface area (Å²) in [5.41, 5.74) is -12.4. The average Bonchev–Trinajstić information content (AvgIpc) is 1.46. The standard InChI is InChI=1S/4C24H31FN6O4S/c4*1-3-8-36-24-27-22(26-16-10-14(16)13-5-4-12(2)15(25)9-13)19-23(28-24)31(30-29-19)17-11-18(35-7-6-32)21(34)20(17)33/h4*4-5,9,14,16-18,20-21,32-34H,3,6-8,10-11H2,1-2H3,(H,26,27,28)/t4*14-,16+,17+,18-,20-,21+/m0000/s1/i3D2,4D,5D,6D2,7D2,8D2,9D,14D,16D;3D2,4D,5D,7D2,8D2,9D,14D,16D;3D2,4D,5D,6D2,8D2,9D,14D,16D;4D,5D,9D,10D2,14D,16D. The Morgan fingerprint density at radius 2 is 0.674 bits per heavy atom. The van der Waals surface area contributed by atoms with E-state index in [1.165, 1.54) is 44.1 Å². The van der Waals surface area contributed by atoms with Gasteiger partial charge in [-0.1, -0.05) is 144 Å². The van der Waals surface area contributed by atoms with Crippen molar-refractivity contribution < 1.29 is 155 Å². The highest BCUT2D eigenvalue weighted by Gasteiger charge is 2.51. The SMILES string of the molecule is [2H]c1c([2H])c([C@]2([2H])C([2H])([2H])[C@@]2([2H])Nc2nc(SCCC)nc3c2nnn3[C@@H]2C[C@H](OCCO)[C@@H](O)[C@H]2O)c([2H])c(F)c1C.[2H]c1c([2H])c([C@]2([2H])C[C@@]2([2H])Nc2nc(SC([2H])([2H])C([2H])([2H])C)nc3c2nnn3[C@@H]2C[C@H](OC([2H])([2H])C([2H])([2H])O)[C@@H](O)[C@H]2O)c([2H])c(F)c1C.[2H]c1c([2H])c([C@]2([2H])C[C@@]2([2H])Nc2nc(SC([2H])([2H])C([2H])([2H])C)nc3c2nnn3[C@@H]2C[C@H](OC([2H])([2H])CO)[C@@H](O)[C@H]2O)c([2H])c(F)c1C.[2H]c1c([2H])c([C@]2([2H])C[C@@]2([2H])Nc2nc(SC([2H])([2H])C([2H])([2H])C)nc3c2nnn3[C@@H]2C[C@H](OCC([2H])([2H])O)[C@@H](O)[C@H]2O)c([2H])c(F)c1C. The van der Waals surface area contributed by atoms with E-state index in [2.05, 4.69) is 102 Å². The van der Waals surface area contributed by atoms with Crippen molar-refractivity contribution in [2.75, 3.05) is 96.8 Å². The fourth-order valence-electron chi connectivity index (χ4n) is 15.9. The minimum absolute atomic E-state index is 0.0487. The maximum absolute atomic E-state index is 14.8. The minimum Gasteiger partial charge on any atom is -0.394 e. The topological polar surface area (TPSA) is 554 Å². The van der Waals surface area contributed by atoms with Gasteiger partial charge in [0.1, 0.15) is 72.1 Å². The number of hydrogen-bond acceptors (Lipinski definition) is 40. The van der Waals surface area contributed by atoms with Gasteiger partial charge in [0, 0.05) is 121 Å². The molecule has 8 fully saturated rings. The first-order valence-corrected chi connectivity index (χ1v) is 47.8. The molecule has 0 bridgehead atoms. The van der Waals surface area contributed by atoms with E-state index in [9.17, 15) is 73.7 Å². The average molecular weight is 2120 g/mol. The zero-order valence-corrected chi connectivity index (χ0v) is 80.3. The Bertz CT molecular complexity index is 8690. The van der Waals surface area contributed by atoms with E-state index in [-0.39, 0.29) is 168 Å². The third kappa shape index (κ3) is 23.8. The minimum atomic E-state index is -3.49. The van der Waals surface area contributed by atoms with Gasteiger partial charge in [-0.25, -0.2) is 76.2 Å². The molecule has 0 aliphatic heterocycles. The monoisotopic (exact) mass is 2120 g/mol. The van der Waals surface area contributed by atoms with Gasteiger partial charge in [0.05, 0.1) is 134 Å². The number of fused-ring (bicyclic) bond motifs is 4. The van der Waals surface area contributed by atoms with Crippen molar-refractivity contribution in [2.24, 2.45) is 0 Å². The first-order chi connectivity index (χ1) is 85.2. The van der Waals surface area contributed by atoms with Crippen LogP contribution in [0.1, 0.15) is 254 Å². The van der Waals surface area contributed by atoms with E-state index < -0.39 is 381 Å². The summed E-state index contributed by atoms with van der Waals surface area (Å²) in [6.07, 6.45) is -28.8. The molecule has 776 valence electrons. The maximum atomic E-state index is 14.8. The van der Waals surface area contributed by atoms with Gasteiger partial charge in [-0.2, -0.15) is 0 Å². The molecule has 40 nitrogen and oxygen atoms in total. The van der Waals surface area contributed by atoms with Gasteiger partial charge in [-0.05, 0) is 148 Å². The number of rotatable bonds is 40. The molecule has 24 atom stereocenters. The summed E-state index contributed by atoms with van der Waals surface area (Å²) in [5.74, 6) is -14.2. The van der Waals surface area contributed by atoms with Gasteiger partial charge in [0.15, 0.2) is 88.6 Å². The summed E-state index contributed by atoms with van der Waals surface area (Å²) in [6, 6.07) is -21.5. The van der Waals surface area contributed by atoms with Crippen molar-refractivity contribution in [3.05, 3.63) is 140 Å². The van der Waals surface area contributed by atoms with Gasteiger partial charge < -0.3 is 101 Å². The number of aliphatic hydroxyl groups is 12. The van der Waals surface area contributed by atoms with Crippen LogP contribution in [0, 0.1) is 51.0 Å². The smallest absolute Gasteiger partial charge is 0.191 e. The van der Waals surface area contributed by atoms with Crippen LogP contribution in [-0.2, 0) is 18.9 Å². The normalized spacial score (nSPS) is 37.3. The van der Waals surface area contributed by atoms with Crippen molar-refractivity contribution in [1.82, 2.24) is 99.8 Å². The van der Waals surface area contributed by atoms with Gasteiger partial charge in [-0.15, -0.1) is 20.4 Å². The molecule has 0 radical (unpaired) electrons. The Hall–Kier alpha value is -9.52. The summed E-state index contributed by atoms with van der Waals surface area (Å²) in [7, 11) is 0. The first kappa shape index (κ1) is 64.7. The van der Waals surface area contributed by atoms with Crippen molar-refractivity contribution in [3.63, 3.8) is 0 Å². The highest BCUT2D eigenvalue weighted by atomic mass is 32.2. The predicted octanol–water partition coefficient (Wildman–Crippen LogP) is 8.73. The van der Waals surface area contributed by atoms with E-state index in [1.54, 1.807) is 0 Å². The van der Waals surface area contributed by atoms with Gasteiger partial charge >= 0.3 is 0 Å². The Kier molecular flexibility index (Phi) is 21.3. The molecule has 20 rings (SSSR count). The molecule has 0 spiro atoms. The summed E-state index contributed by atoms with van der Waals surface area (Å²) in [4.78, 5) is 34.3. The molecular weight excluding hydrogens is 1950 g/mol. The molecular formula is C96H124F4N24O16S4. The fraction of sp³-hybridized carbons (Fsp3) is 0.583. The second-order valence-corrected chi connectivity index (χ2v) is 36.5. The Morgan fingerprint density at radius 3 is 0.972 bits per heavy atom. The molecule has 4 aromatic carbocycles. The molecule has 8 heterocycles. The number of halogens is 4. The van der Waals surface area contributed by atoms with Crippen LogP contribution in [0.4, 0.5) is 40.8 Å². The van der Waals surface area contributed by atoms with Crippen LogP contribution in [0.2, 0.25) is 0 Å². The lowest BCUT2D eigenvalue weighted by Crippen LogP contribution is -2.33. The molecule has 8 saturated carbocycles. The van der Waals surface area contributed by atoms with E-state index in [0.29, 0.717) is 5.75 Å². The maximum Gasteiger partial charge on any atom is 0.191 e. The first-order valence-electron chi connectivity index (χ1n) is 65.3. The number of benzene rings is 4. The van der Waals surface area contributed by atoms with Gasteiger partial charge in [0.25, 0.3) is 0 Å². The number of aromatic nitrogens is 20. The number of hydrogen-bond donors (Lipinski definition) is 16.